The van der Waals surface area contributed by atoms with Gasteiger partial charge in [0.25, 0.3) is 11.8 Å². The number of halogens is 1. The van der Waals surface area contributed by atoms with E-state index in [2.05, 4.69) is 0 Å². The van der Waals surface area contributed by atoms with E-state index < -0.39 is 0 Å². The molecule has 3 aromatic rings. The van der Waals surface area contributed by atoms with Gasteiger partial charge in [-0.3, -0.25) is 9.59 Å². The number of carbonyl (C=O) groups is 2. The fourth-order valence-electron chi connectivity index (χ4n) is 3.41. The van der Waals surface area contributed by atoms with Crippen LogP contribution in [-0.4, -0.2) is 47.8 Å². The van der Waals surface area contributed by atoms with Gasteiger partial charge in [0.1, 0.15) is 5.82 Å². The predicted octanol–water partition coefficient (Wildman–Crippen LogP) is 4.46. The van der Waals surface area contributed by atoms with Gasteiger partial charge in [0, 0.05) is 42.2 Å². The highest BCUT2D eigenvalue weighted by molar-refractivity contribution is 7.17. The molecule has 0 N–H and O–H groups in total. The van der Waals surface area contributed by atoms with E-state index in [1.807, 2.05) is 31.2 Å². The number of carbonyl (C=O) groups excluding carboxylic acids is 2. The average molecular weight is 408 g/mol. The summed E-state index contributed by atoms with van der Waals surface area (Å²) in [5, 5.41) is 0. The maximum absolute atomic E-state index is 14.0. The van der Waals surface area contributed by atoms with Crippen LogP contribution in [0.4, 0.5) is 4.39 Å². The van der Waals surface area contributed by atoms with E-state index in [0.717, 1.165) is 10.4 Å². The summed E-state index contributed by atoms with van der Waals surface area (Å²) in [6.45, 7) is 3.97. The number of nitrogens with zero attached hydrogens (tertiary/aromatic N) is 2. The van der Waals surface area contributed by atoms with Gasteiger partial charge < -0.3 is 9.80 Å². The minimum Gasteiger partial charge on any atom is -0.335 e. The molecule has 148 valence electrons. The Morgan fingerprint density at radius 3 is 2.10 bits per heavy atom. The first-order chi connectivity index (χ1) is 14.0. The number of aryl methyl sites for hydroxylation is 1. The SMILES string of the molecule is Cc1ccc(C(=O)N2CCN(C(=O)c3ccc(-c4ccccc4F)s3)CC2)cc1. The number of piperazine rings is 1. The third-order valence-corrected chi connectivity index (χ3v) is 6.22. The molecule has 4 nitrogen and oxygen atoms in total. The average Bonchev–Trinajstić information content (AvgIpc) is 3.24. The summed E-state index contributed by atoms with van der Waals surface area (Å²) >= 11 is 1.30. The molecule has 0 bridgehead atoms. The zero-order chi connectivity index (χ0) is 20.4. The van der Waals surface area contributed by atoms with Crippen LogP contribution in [0.15, 0.2) is 60.7 Å². The third kappa shape index (κ3) is 4.07. The van der Waals surface area contributed by atoms with Gasteiger partial charge in [-0.15, -0.1) is 11.3 Å². The summed E-state index contributed by atoms with van der Waals surface area (Å²) in [6, 6.07) is 17.6. The minimum absolute atomic E-state index is 0.00457. The van der Waals surface area contributed by atoms with Crippen molar-refractivity contribution in [2.24, 2.45) is 0 Å². The van der Waals surface area contributed by atoms with Gasteiger partial charge in [0.2, 0.25) is 0 Å². The van der Waals surface area contributed by atoms with Crippen LogP contribution in [0, 0.1) is 12.7 Å². The third-order valence-electron chi connectivity index (χ3n) is 5.11. The second-order valence-corrected chi connectivity index (χ2v) is 8.18. The molecule has 0 spiro atoms. The van der Waals surface area contributed by atoms with E-state index in [1.165, 1.54) is 17.4 Å². The van der Waals surface area contributed by atoms with Crippen LogP contribution >= 0.6 is 11.3 Å². The summed E-state index contributed by atoms with van der Waals surface area (Å²) in [5.41, 5.74) is 2.29. The molecule has 0 aliphatic carbocycles. The van der Waals surface area contributed by atoms with Gasteiger partial charge in [-0.25, -0.2) is 4.39 Å². The van der Waals surface area contributed by atoms with Crippen LogP contribution in [0.3, 0.4) is 0 Å². The maximum Gasteiger partial charge on any atom is 0.264 e. The van der Waals surface area contributed by atoms with E-state index in [9.17, 15) is 14.0 Å². The quantitative estimate of drug-likeness (QED) is 0.642. The Morgan fingerprint density at radius 1 is 0.828 bits per heavy atom. The van der Waals surface area contributed by atoms with Gasteiger partial charge >= 0.3 is 0 Å². The molecule has 1 aromatic heterocycles. The monoisotopic (exact) mass is 408 g/mol. The highest BCUT2D eigenvalue weighted by atomic mass is 32.1. The van der Waals surface area contributed by atoms with Crippen molar-refractivity contribution < 1.29 is 14.0 Å². The fraction of sp³-hybridized carbons (Fsp3) is 0.217. The van der Waals surface area contributed by atoms with Crippen LogP contribution in [0.2, 0.25) is 0 Å². The van der Waals surface area contributed by atoms with E-state index in [1.54, 1.807) is 40.1 Å². The zero-order valence-corrected chi connectivity index (χ0v) is 16.9. The van der Waals surface area contributed by atoms with Crippen LogP contribution in [0.25, 0.3) is 10.4 Å². The fourth-order valence-corrected chi connectivity index (χ4v) is 4.41. The van der Waals surface area contributed by atoms with Crippen molar-refractivity contribution >= 4 is 23.2 Å². The van der Waals surface area contributed by atoms with Crippen molar-refractivity contribution in [1.29, 1.82) is 0 Å². The number of thiophene rings is 1. The molecule has 6 heteroatoms. The summed E-state index contributed by atoms with van der Waals surface area (Å²) in [5.74, 6) is -0.369. The molecule has 2 heterocycles. The van der Waals surface area contributed by atoms with Gasteiger partial charge in [-0.2, -0.15) is 0 Å². The molecule has 0 unspecified atom stereocenters. The lowest BCUT2D eigenvalue weighted by molar-refractivity contribution is 0.0538. The lowest BCUT2D eigenvalue weighted by atomic mass is 10.1. The number of hydrogen-bond acceptors (Lipinski definition) is 3. The number of benzene rings is 2. The first-order valence-corrected chi connectivity index (χ1v) is 10.3. The van der Waals surface area contributed by atoms with Crippen molar-refractivity contribution in [3.8, 4) is 10.4 Å². The van der Waals surface area contributed by atoms with Crippen molar-refractivity contribution in [3.63, 3.8) is 0 Å². The van der Waals surface area contributed by atoms with Gasteiger partial charge in [-0.05, 0) is 37.3 Å². The smallest absolute Gasteiger partial charge is 0.264 e. The molecule has 0 saturated carbocycles. The summed E-state index contributed by atoms with van der Waals surface area (Å²) < 4.78 is 14.0. The molecule has 2 amide bonds. The molecule has 1 fully saturated rings. The number of hydrogen-bond donors (Lipinski definition) is 0. The summed E-state index contributed by atoms with van der Waals surface area (Å²) in [7, 11) is 0. The van der Waals surface area contributed by atoms with E-state index in [0.29, 0.717) is 42.2 Å². The lowest BCUT2D eigenvalue weighted by Gasteiger charge is -2.34. The molecule has 4 rings (SSSR count). The minimum atomic E-state index is -0.295. The molecule has 0 radical (unpaired) electrons. The Morgan fingerprint density at radius 2 is 1.45 bits per heavy atom. The van der Waals surface area contributed by atoms with E-state index in [4.69, 9.17) is 0 Å². The molecule has 0 atom stereocenters. The standard InChI is InChI=1S/C23H21FN2O2S/c1-16-6-8-17(9-7-16)22(27)25-12-14-26(15-13-25)23(28)21-11-10-20(29-21)18-4-2-3-5-19(18)24/h2-11H,12-15H2,1H3. The largest absolute Gasteiger partial charge is 0.335 e. The van der Waals surface area contributed by atoms with Crippen molar-refractivity contribution in [3.05, 3.63) is 82.5 Å². The summed E-state index contributed by atoms with van der Waals surface area (Å²) in [4.78, 5) is 30.4. The second kappa shape index (κ2) is 8.17. The Hall–Kier alpha value is -2.99. The Kier molecular flexibility index (Phi) is 5.45. The molecule has 2 aromatic carbocycles. The first-order valence-electron chi connectivity index (χ1n) is 9.53. The number of amides is 2. The molecular weight excluding hydrogens is 387 g/mol. The Balaban J connectivity index is 1.40. The van der Waals surface area contributed by atoms with Crippen molar-refractivity contribution in [2.45, 2.75) is 6.92 Å². The highest BCUT2D eigenvalue weighted by Gasteiger charge is 2.26. The normalized spacial score (nSPS) is 14.1. The van der Waals surface area contributed by atoms with Crippen LogP contribution < -0.4 is 0 Å². The Labute approximate surface area is 173 Å². The predicted molar refractivity (Wildman–Crippen MR) is 113 cm³/mol. The molecule has 29 heavy (non-hydrogen) atoms. The molecule has 1 aliphatic heterocycles. The Bertz CT molecular complexity index is 1040. The van der Waals surface area contributed by atoms with Crippen LogP contribution in [-0.2, 0) is 0 Å². The van der Waals surface area contributed by atoms with Crippen molar-refractivity contribution in [1.82, 2.24) is 9.80 Å². The summed E-state index contributed by atoms with van der Waals surface area (Å²) in [6.07, 6.45) is 0. The van der Waals surface area contributed by atoms with Crippen LogP contribution in [0.5, 0.6) is 0 Å². The topological polar surface area (TPSA) is 40.6 Å². The highest BCUT2D eigenvalue weighted by Crippen LogP contribution is 2.30. The molecule has 1 aliphatic rings. The van der Waals surface area contributed by atoms with E-state index >= 15 is 0 Å². The van der Waals surface area contributed by atoms with Gasteiger partial charge in [0.05, 0.1) is 4.88 Å². The van der Waals surface area contributed by atoms with E-state index in [-0.39, 0.29) is 17.6 Å². The van der Waals surface area contributed by atoms with Crippen LogP contribution in [0.1, 0.15) is 25.6 Å². The van der Waals surface area contributed by atoms with Crippen molar-refractivity contribution in [2.75, 3.05) is 26.2 Å². The second-order valence-electron chi connectivity index (χ2n) is 7.09. The van der Waals surface area contributed by atoms with Gasteiger partial charge in [0.15, 0.2) is 0 Å². The molecular formula is C23H21FN2O2S. The first kappa shape index (κ1) is 19.3. The van der Waals surface area contributed by atoms with Gasteiger partial charge in [-0.1, -0.05) is 35.9 Å². The maximum atomic E-state index is 14.0. The zero-order valence-electron chi connectivity index (χ0n) is 16.1. The number of rotatable bonds is 3. The lowest BCUT2D eigenvalue weighted by Crippen LogP contribution is -2.50. The molecule has 1 saturated heterocycles.